The molecule has 0 spiro atoms. The highest BCUT2D eigenvalue weighted by atomic mass is 19.3. The summed E-state index contributed by atoms with van der Waals surface area (Å²) in [6.45, 7) is 2.03. The third kappa shape index (κ3) is 5.94. The van der Waals surface area contributed by atoms with E-state index >= 15 is 0 Å². The van der Waals surface area contributed by atoms with Gasteiger partial charge < -0.3 is 4.74 Å². The molecule has 0 bridgehead atoms. The summed E-state index contributed by atoms with van der Waals surface area (Å²) in [6.07, 6.45) is 0.738. The summed E-state index contributed by atoms with van der Waals surface area (Å²) in [5.74, 6) is -3.22. The van der Waals surface area contributed by atoms with Gasteiger partial charge in [0.25, 0.3) is 0 Å². The molecule has 1 aromatic heterocycles. The normalized spacial score (nSPS) is 11.2. The maximum atomic E-state index is 14.6. The molecule has 0 aliphatic carbocycles. The van der Waals surface area contributed by atoms with Crippen LogP contribution in [0.1, 0.15) is 35.6 Å². The maximum absolute atomic E-state index is 14.6. The molecule has 0 atom stereocenters. The fourth-order valence-electron chi connectivity index (χ4n) is 3.44. The fraction of sp³-hybridized carbons (Fsp3) is 0.143. The minimum absolute atomic E-state index is 0.0325. The molecule has 0 radical (unpaired) electrons. The molecule has 0 saturated heterocycles. The third-order valence-corrected chi connectivity index (χ3v) is 5.30. The fourth-order valence-corrected chi connectivity index (χ4v) is 3.44. The third-order valence-electron chi connectivity index (χ3n) is 5.30. The van der Waals surface area contributed by atoms with Crippen molar-refractivity contribution in [2.45, 2.75) is 25.9 Å². The van der Waals surface area contributed by atoms with Crippen LogP contribution in [0.2, 0.25) is 0 Å². The zero-order valence-corrected chi connectivity index (χ0v) is 19.6. The monoisotopic (exact) mass is 530 g/mol. The quantitative estimate of drug-likeness (QED) is 0.149. The van der Waals surface area contributed by atoms with E-state index in [0.717, 1.165) is 24.5 Å². The van der Waals surface area contributed by atoms with E-state index in [1.54, 1.807) is 18.5 Å². The number of rotatable bonds is 6. The minimum Gasteiger partial charge on any atom is -0.429 e. The Balaban J connectivity index is 1.52. The van der Waals surface area contributed by atoms with Gasteiger partial charge in [0.15, 0.2) is 23.3 Å². The lowest BCUT2D eigenvalue weighted by molar-refractivity contribution is -0.187. The molecule has 0 saturated carbocycles. The zero-order valence-electron chi connectivity index (χ0n) is 19.6. The number of benzene rings is 3. The predicted molar refractivity (Wildman–Crippen MR) is 125 cm³/mol. The van der Waals surface area contributed by atoms with Crippen LogP contribution in [0.25, 0.3) is 11.4 Å². The molecule has 0 aliphatic heterocycles. The van der Waals surface area contributed by atoms with Crippen LogP contribution in [0.4, 0.5) is 30.7 Å². The molecular weight excluding hydrogens is 513 g/mol. The van der Waals surface area contributed by atoms with Gasteiger partial charge in [0, 0.05) is 35.7 Å². The Labute approximate surface area is 213 Å². The van der Waals surface area contributed by atoms with Crippen LogP contribution in [0.3, 0.4) is 0 Å². The second-order valence-electron chi connectivity index (χ2n) is 8.12. The first kappa shape index (κ1) is 26.7. The standard InChI is InChI=1S/C28H17F7N2O/c1-2-3-17-14-36-27(37-15-17)19-8-7-18(22(29)11-19)6-4-16-5-9-21(23(30)10-16)28(34,35)38-20-12-24(31)26(33)25(32)13-20/h5,7-15H,2-3H2,1H3. The van der Waals surface area contributed by atoms with Gasteiger partial charge in [0.1, 0.15) is 22.9 Å². The second kappa shape index (κ2) is 10.9. The first-order valence-corrected chi connectivity index (χ1v) is 11.2. The molecule has 0 aliphatic rings. The van der Waals surface area contributed by atoms with Gasteiger partial charge >= 0.3 is 6.11 Å². The molecule has 194 valence electrons. The van der Waals surface area contributed by atoms with Crippen LogP contribution < -0.4 is 4.74 Å². The van der Waals surface area contributed by atoms with Crippen LogP contribution in [0, 0.1) is 40.9 Å². The van der Waals surface area contributed by atoms with Crippen LogP contribution in [-0.2, 0) is 12.5 Å². The number of hydrogen-bond acceptors (Lipinski definition) is 3. The van der Waals surface area contributed by atoms with Crippen molar-refractivity contribution in [1.29, 1.82) is 0 Å². The van der Waals surface area contributed by atoms with Gasteiger partial charge in [-0.3, -0.25) is 0 Å². The molecule has 0 unspecified atom stereocenters. The molecule has 4 rings (SSSR count). The molecule has 38 heavy (non-hydrogen) atoms. The van der Waals surface area contributed by atoms with Crippen molar-refractivity contribution in [2.24, 2.45) is 0 Å². The first-order chi connectivity index (χ1) is 18.1. The lowest BCUT2D eigenvalue weighted by Gasteiger charge is -2.19. The predicted octanol–water partition coefficient (Wildman–Crippen LogP) is 7.32. The highest BCUT2D eigenvalue weighted by Gasteiger charge is 2.38. The minimum atomic E-state index is -4.36. The molecule has 4 aromatic rings. The van der Waals surface area contributed by atoms with Gasteiger partial charge in [-0.1, -0.05) is 25.2 Å². The Morgan fingerprint density at radius 1 is 0.789 bits per heavy atom. The second-order valence-corrected chi connectivity index (χ2v) is 8.12. The number of nitrogens with zero attached hydrogens (tertiary/aromatic N) is 2. The van der Waals surface area contributed by atoms with Crippen molar-refractivity contribution in [2.75, 3.05) is 0 Å². The smallest absolute Gasteiger partial charge is 0.429 e. The molecule has 0 fully saturated rings. The van der Waals surface area contributed by atoms with Gasteiger partial charge in [0.2, 0.25) is 0 Å². The number of alkyl halides is 2. The highest BCUT2D eigenvalue weighted by molar-refractivity contribution is 5.57. The topological polar surface area (TPSA) is 35.0 Å². The van der Waals surface area contributed by atoms with Crippen molar-refractivity contribution in [3.63, 3.8) is 0 Å². The number of aromatic nitrogens is 2. The molecule has 1 heterocycles. The lowest BCUT2D eigenvalue weighted by Crippen LogP contribution is -2.23. The summed E-state index contributed by atoms with van der Waals surface area (Å²) >= 11 is 0. The molecule has 3 aromatic carbocycles. The van der Waals surface area contributed by atoms with E-state index in [4.69, 9.17) is 0 Å². The van der Waals surface area contributed by atoms with Gasteiger partial charge in [-0.25, -0.2) is 31.9 Å². The van der Waals surface area contributed by atoms with E-state index in [-0.39, 0.29) is 23.3 Å². The van der Waals surface area contributed by atoms with Crippen molar-refractivity contribution in [3.8, 4) is 29.0 Å². The van der Waals surface area contributed by atoms with Gasteiger partial charge in [-0.05, 0) is 48.4 Å². The summed E-state index contributed by atoms with van der Waals surface area (Å²) < 4.78 is 102. The highest BCUT2D eigenvalue weighted by Crippen LogP contribution is 2.34. The largest absolute Gasteiger partial charge is 0.429 e. The molecule has 0 N–H and O–H groups in total. The van der Waals surface area contributed by atoms with Crippen LogP contribution in [-0.4, -0.2) is 9.97 Å². The van der Waals surface area contributed by atoms with E-state index in [1.807, 2.05) is 6.92 Å². The van der Waals surface area contributed by atoms with Crippen molar-refractivity contribution in [1.82, 2.24) is 9.97 Å². The molecule has 10 heteroatoms. The number of hydrogen-bond donors (Lipinski definition) is 0. The van der Waals surface area contributed by atoms with Crippen LogP contribution in [0.15, 0.2) is 60.9 Å². The first-order valence-electron chi connectivity index (χ1n) is 11.2. The molecule has 0 amide bonds. The summed E-state index contributed by atoms with van der Waals surface area (Å²) in [7, 11) is 0. The summed E-state index contributed by atoms with van der Waals surface area (Å²) in [4.78, 5) is 8.46. The van der Waals surface area contributed by atoms with Crippen molar-refractivity contribution < 1.29 is 35.5 Å². The summed E-state index contributed by atoms with van der Waals surface area (Å²) in [6, 6.07) is 6.92. The van der Waals surface area contributed by atoms with Crippen molar-refractivity contribution >= 4 is 0 Å². The van der Waals surface area contributed by atoms with E-state index in [1.165, 1.54) is 12.1 Å². The maximum Gasteiger partial charge on any atom is 0.429 e. The SMILES string of the molecule is CCCc1cnc(-c2ccc(C#Cc3ccc(C(F)(F)Oc4cc(F)c(F)c(F)c4)c(F)c3)c(F)c2)nc1. The Kier molecular flexibility index (Phi) is 7.67. The van der Waals surface area contributed by atoms with Crippen LogP contribution >= 0.6 is 0 Å². The number of aryl methyl sites for hydroxylation is 1. The van der Waals surface area contributed by atoms with E-state index in [2.05, 4.69) is 26.5 Å². The van der Waals surface area contributed by atoms with Crippen LogP contribution in [0.5, 0.6) is 5.75 Å². The van der Waals surface area contributed by atoms with E-state index in [9.17, 15) is 30.7 Å². The average Bonchev–Trinajstić information content (AvgIpc) is 2.87. The number of ether oxygens (including phenoxy) is 1. The van der Waals surface area contributed by atoms with E-state index in [0.29, 0.717) is 23.5 Å². The van der Waals surface area contributed by atoms with Gasteiger partial charge in [-0.15, -0.1) is 0 Å². The Bertz CT molecular complexity index is 1520. The Morgan fingerprint density at radius 2 is 1.47 bits per heavy atom. The number of halogens is 7. The summed E-state index contributed by atoms with van der Waals surface area (Å²) in [5.41, 5.74) is 0.0393. The van der Waals surface area contributed by atoms with Gasteiger partial charge in [-0.2, -0.15) is 8.78 Å². The Hall–Kier alpha value is -4.39. The zero-order chi connectivity index (χ0) is 27.4. The Morgan fingerprint density at radius 3 is 2.08 bits per heavy atom. The molecule has 3 nitrogen and oxygen atoms in total. The van der Waals surface area contributed by atoms with Gasteiger partial charge in [0.05, 0.1) is 5.56 Å². The van der Waals surface area contributed by atoms with Crippen molar-refractivity contribution in [3.05, 3.63) is 112 Å². The average molecular weight is 530 g/mol. The lowest BCUT2D eigenvalue weighted by atomic mass is 10.1. The summed E-state index contributed by atoms with van der Waals surface area (Å²) in [5, 5.41) is 0. The molecular formula is C28H17F7N2O. The van der Waals surface area contributed by atoms with E-state index < -0.39 is 46.5 Å².